The average molecular weight is 295 g/mol. The van der Waals surface area contributed by atoms with Crippen LogP contribution in [-0.2, 0) is 11.2 Å². The van der Waals surface area contributed by atoms with Gasteiger partial charge in [-0.1, -0.05) is 13.0 Å². The first-order valence-electron chi connectivity index (χ1n) is 7.78. The Hall–Kier alpha value is -1.26. The van der Waals surface area contributed by atoms with Gasteiger partial charge < -0.3 is 19.9 Å². The minimum Gasteiger partial charge on any atom is -0.493 e. The maximum atomic E-state index is 5.89. The summed E-state index contributed by atoms with van der Waals surface area (Å²) < 4.78 is 17.0. The number of hydrogen-bond donors (Lipinski definition) is 1. The molecule has 0 spiro atoms. The number of rotatable bonds is 10. The molecule has 0 fully saturated rings. The van der Waals surface area contributed by atoms with Crippen LogP contribution in [0.2, 0.25) is 0 Å². The van der Waals surface area contributed by atoms with Crippen molar-refractivity contribution >= 4 is 0 Å². The highest BCUT2D eigenvalue weighted by molar-refractivity contribution is 5.41. The van der Waals surface area contributed by atoms with Crippen molar-refractivity contribution in [2.45, 2.75) is 52.7 Å². The van der Waals surface area contributed by atoms with E-state index in [4.69, 9.17) is 19.9 Å². The van der Waals surface area contributed by atoms with Crippen molar-refractivity contribution in [3.05, 3.63) is 23.8 Å². The van der Waals surface area contributed by atoms with Gasteiger partial charge in [-0.15, -0.1) is 0 Å². The highest BCUT2D eigenvalue weighted by Gasteiger charge is 2.09. The lowest BCUT2D eigenvalue weighted by atomic mass is 10.1. The second-order valence-corrected chi connectivity index (χ2v) is 5.57. The monoisotopic (exact) mass is 295 g/mol. The van der Waals surface area contributed by atoms with E-state index in [-0.39, 0.29) is 12.1 Å². The lowest BCUT2D eigenvalue weighted by Crippen LogP contribution is -2.19. The third kappa shape index (κ3) is 7.34. The molecule has 0 aliphatic carbocycles. The number of benzene rings is 1. The van der Waals surface area contributed by atoms with E-state index in [1.165, 1.54) is 0 Å². The zero-order valence-corrected chi connectivity index (χ0v) is 13.7. The van der Waals surface area contributed by atoms with E-state index in [9.17, 15) is 0 Å². The minimum atomic E-state index is 0.0988. The molecule has 1 aromatic carbocycles. The third-order valence-electron chi connectivity index (χ3n) is 2.85. The molecular formula is C17H29NO3. The number of ether oxygens (including phenoxy) is 3. The zero-order chi connectivity index (χ0) is 15.7. The Bertz CT molecular complexity index is 405. The molecule has 2 N–H and O–H groups in total. The minimum absolute atomic E-state index is 0.0988. The molecule has 1 aromatic rings. The number of nitrogens with two attached hydrogens (primary N) is 1. The fraction of sp³-hybridized carbons (Fsp3) is 0.647. The molecule has 0 heterocycles. The molecule has 0 amide bonds. The summed E-state index contributed by atoms with van der Waals surface area (Å²) >= 11 is 0. The summed E-state index contributed by atoms with van der Waals surface area (Å²) in [6, 6.07) is 6.06. The Labute approximate surface area is 128 Å². The van der Waals surface area contributed by atoms with Gasteiger partial charge in [0.05, 0.1) is 19.3 Å². The Morgan fingerprint density at radius 3 is 2.43 bits per heavy atom. The van der Waals surface area contributed by atoms with Gasteiger partial charge in [0.15, 0.2) is 0 Å². The van der Waals surface area contributed by atoms with E-state index >= 15 is 0 Å². The predicted octanol–water partition coefficient (Wildman–Crippen LogP) is 3.17. The molecule has 21 heavy (non-hydrogen) atoms. The van der Waals surface area contributed by atoms with Crippen LogP contribution < -0.4 is 15.2 Å². The Morgan fingerprint density at radius 1 is 1.05 bits per heavy atom. The molecule has 0 radical (unpaired) electrons. The van der Waals surface area contributed by atoms with Crippen molar-refractivity contribution in [2.75, 3.05) is 19.8 Å². The van der Waals surface area contributed by atoms with Crippen LogP contribution in [0.25, 0.3) is 0 Å². The van der Waals surface area contributed by atoms with Gasteiger partial charge in [0.25, 0.3) is 0 Å². The van der Waals surface area contributed by atoms with E-state index < -0.39 is 0 Å². The Morgan fingerprint density at radius 2 is 1.81 bits per heavy atom. The van der Waals surface area contributed by atoms with E-state index in [1.807, 2.05) is 39.0 Å². The molecule has 1 unspecified atom stereocenters. The maximum absolute atomic E-state index is 5.89. The van der Waals surface area contributed by atoms with Gasteiger partial charge in [0, 0.05) is 12.1 Å². The fourth-order valence-electron chi connectivity index (χ4n) is 1.93. The molecule has 1 atom stereocenters. The smallest absolute Gasteiger partial charge is 0.126 e. The highest BCUT2D eigenvalue weighted by Crippen LogP contribution is 2.26. The van der Waals surface area contributed by atoms with Gasteiger partial charge in [0.1, 0.15) is 18.1 Å². The lowest BCUT2D eigenvalue weighted by molar-refractivity contribution is 0.0550. The van der Waals surface area contributed by atoms with E-state index in [0.29, 0.717) is 19.8 Å². The first-order chi connectivity index (χ1) is 10.0. The maximum Gasteiger partial charge on any atom is 0.126 e. The number of hydrogen-bond acceptors (Lipinski definition) is 4. The van der Waals surface area contributed by atoms with Crippen LogP contribution in [0.15, 0.2) is 18.2 Å². The zero-order valence-electron chi connectivity index (χ0n) is 13.7. The molecule has 0 aliphatic rings. The predicted molar refractivity (Wildman–Crippen MR) is 86.2 cm³/mol. The quantitative estimate of drug-likeness (QED) is 0.674. The van der Waals surface area contributed by atoms with Crippen LogP contribution in [0.3, 0.4) is 0 Å². The normalized spacial score (nSPS) is 12.5. The largest absolute Gasteiger partial charge is 0.493 e. The average Bonchev–Trinajstić information content (AvgIpc) is 2.42. The van der Waals surface area contributed by atoms with Crippen molar-refractivity contribution in [1.82, 2.24) is 0 Å². The summed E-state index contributed by atoms with van der Waals surface area (Å²) in [6.45, 7) is 9.93. The van der Waals surface area contributed by atoms with Crippen LogP contribution in [0.4, 0.5) is 0 Å². The van der Waals surface area contributed by atoms with Crippen LogP contribution >= 0.6 is 0 Å². The van der Waals surface area contributed by atoms with Crippen molar-refractivity contribution in [1.29, 1.82) is 0 Å². The van der Waals surface area contributed by atoms with Crippen LogP contribution in [0.1, 0.15) is 39.7 Å². The van der Waals surface area contributed by atoms with Gasteiger partial charge in [-0.25, -0.2) is 0 Å². The molecule has 1 rings (SSSR count). The second kappa shape index (κ2) is 9.64. The van der Waals surface area contributed by atoms with Gasteiger partial charge >= 0.3 is 0 Å². The molecule has 0 saturated heterocycles. The molecule has 0 saturated carbocycles. The topological polar surface area (TPSA) is 53.7 Å². The van der Waals surface area contributed by atoms with Crippen LogP contribution in [0, 0.1) is 0 Å². The van der Waals surface area contributed by atoms with Crippen LogP contribution in [-0.4, -0.2) is 32.0 Å². The summed E-state index contributed by atoms with van der Waals surface area (Å²) in [5.74, 6) is 1.68. The summed E-state index contributed by atoms with van der Waals surface area (Å²) in [7, 11) is 0. The summed E-state index contributed by atoms with van der Waals surface area (Å²) in [5, 5.41) is 0. The van der Waals surface area contributed by atoms with Crippen molar-refractivity contribution in [3.8, 4) is 11.5 Å². The molecule has 120 valence electrons. The summed E-state index contributed by atoms with van der Waals surface area (Å²) in [4.78, 5) is 0. The molecule has 4 nitrogen and oxygen atoms in total. The highest BCUT2D eigenvalue weighted by atomic mass is 16.5. The molecular weight excluding hydrogens is 266 g/mol. The SMILES string of the molecule is CCCOc1ccc(CC(C)N)c(OCCOC(C)C)c1. The van der Waals surface area contributed by atoms with Crippen molar-refractivity contribution in [3.63, 3.8) is 0 Å². The Balaban J connectivity index is 2.68. The van der Waals surface area contributed by atoms with Gasteiger partial charge in [-0.2, -0.15) is 0 Å². The molecule has 4 heteroatoms. The van der Waals surface area contributed by atoms with Gasteiger partial charge in [0.2, 0.25) is 0 Å². The molecule has 0 aromatic heterocycles. The van der Waals surface area contributed by atoms with Crippen LogP contribution in [0.5, 0.6) is 11.5 Å². The van der Waals surface area contributed by atoms with Gasteiger partial charge in [-0.3, -0.25) is 0 Å². The third-order valence-corrected chi connectivity index (χ3v) is 2.85. The standard InChI is InChI=1S/C17H29NO3/c1-5-8-20-16-7-6-15(11-14(4)18)17(12-16)21-10-9-19-13(2)3/h6-7,12-14H,5,8-11,18H2,1-4H3. The van der Waals surface area contributed by atoms with Crippen molar-refractivity contribution < 1.29 is 14.2 Å². The summed E-state index contributed by atoms with van der Waals surface area (Å²) in [6.07, 6.45) is 1.99. The second-order valence-electron chi connectivity index (χ2n) is 5.57. The van der Waals surface area contributed by atoms with Crippen molar-refractivity contribution in [2.24, 2.45) is 5.73 Å². The fourth-order valence-corrected chi connectivity index (χ4v) is 1.93. The first kappa shape index (κ1) is 17.8. The molecule has 0 aliphatic heterocycles. The van der Waals surface area contributed by atoms with E-state index in [1.54, 1.807) is 0 Å². The lowest BCUT2D eigenvalue weighted by Gasteiger charge is -2.15. The molecule has 0 bridgehead atoms. The summed E-state index contributed by atoms with van der Waals surface area (Å²) in [5.41, 5.74) is 7.00. The van der Waals surface area contributed by atoms with E-state index in [0.717, 1.165) is 29.9 Å². The van der Waals surface area contributed by atoms with Gasteiger partial charge in [-0.05, 0) is 45.2 Å². The Kier molecular flexibility index (Phi) is 8.16. The van der Waals surface area contributed by atoms with E-state index in [2.05, 4.69) is 6.92 Å². The first-order valence-corrected chi connectivity index (χ1v) is 7.78.